The van der Waals surface area contributed by atoms with E-state index in [4.69, 9.17) is 0 Å². The molecule has 1 aromatic heterocycles. The van der Waals surface area contributed by atoms with Crippen LogP contribution in [0, 0.1) is 0 Å². The van der Waals surface area contributed by atoms with Crippen LogP contribution in [0.3, 0.4) is 0 Å². The fraction of sp³-hybridized carbons (Fsp3) is 0.692. The van der Waals surface area contributed by atoms with Crippen molar-refractivity contribution >= 4 is 41.7 Å². The second-order valence-corrected chi connectivity index (χ2v) is 7.11. The zero-order valence-electron chi connectivity index (χ0n) is 12.4. The highest BCUT2D eigenvalue weighted by atomic mass is 127. The minimum absolute atomic E-state index is 0. The van der Waals surface area contributed by atoms with Crippen molar-refractivity contribution in [2.45, 2.75) is 25.1 Å². The van der Waals surface area contributed by atoms with E-state index in [1.54, 1.807) is 6.20 Å². The van der Waals surface area contributed by atoms with Crippen LogP contribution >= 0.6 is 35.7 Å². The molecule has 1 saturated heterocycles. The second kappa shape index (κ2) is 8.11. The van der Waals surface area contributed by atoms with Gasteiger partial charge in [-0.3, -0.25) is 4.99 Å². The quantitative estimate of drug-likeness (QED) is 0.471. The number of nitrogens with zero attached hydrogens (tertiary/aromatic N) is 4. The van der Waals surface area contributed by atoms with Crippen LogP contribution in [0.4, 0.5) is 0 Å². The average molecular weight is 409 g/mol. The summed E-state index contributed by atoms with van der Waals surface area (Å²) in [5.74, 6) is 2.17. The Morgan fingerprint density at radius 1 is 1.50 bits per heavy atom. The molecule has 5 nitrogen and oxygen atoms in total. The van der Waals surface area contributed by atoms with E-state index in [1.165, 1.54) is 0 Å². The number of guanidine groups is 1. The van der Waals surface area contributed by atoms with Gasteiger partial charge >= 0.3 is 0 Å². The van der Waals surface area contributed by atoms with Crippen LogP contribution in [0.2, 0.25) is 0 Å². The van der Waals surface area contributed by atoms with E-state index < -0.39 is 0 Å². The number of halogens is 1. The summed E-state index contributed by atoms with van der Waals surface area (Å²) in [4.78, 5) is 10.8. The summed E-state index contributed by atoms with van der Waals surface area (Å²) in [6.45, 7) is 8.48. The molecule has 0 aliphatic carbocycles. The first kappa shape index (κ1) is 17.6. The van der Waals surface area contributed by atoms with Crippen LogP contribution in [0.25, 0.3) is 0 Å². The molecule has 1 N–H and O–H groups in total. The molecule has 0 radical (unpaired) electrons. The van der Waals surface area contributed by atoms with Gasteiger partial charge in [0.2, 0.25) is 0 Å². The van der Waals surface area contributed by atoms with E-state index in [0.29, 0.717) is 4.75 Å². The molecular weight excluding hydrogens is 385 g/mol. The van der Waals surface area contributed by atoms with Gasteiger partial charge < -0.3 is 14.8 Å². The van der Waals surface area contributed by atoms with Gasteiger partial charge in [-0.05, 0) is 13.8 Å². The first-order valence-corrected chi connectivity index (χ1v) is 7.64. The predicted molar refractivity (Wildman–Crippen MR) is 97.1 cm³/mol. The molecule has 7 heteroatoms. The highest BCUT2D eigenvalue weighted by Crippen LogP contribution is 2.29. The SMILES string of the molecule is CN=C(NCCn1ccnc1)N1CCSC(C)(C)C1.I. The summed E-state index contributed by atoms with van der Waals surface area (Å²) >= 11 is 2.04. The van der Waals surface area contributed by atoms with Gasteiger partial charge in [-0.2, -0.15) is 11.8 Å². The summed E-state index contributed by atoms with van der Waals surface area (Å²) in [5, 5.41) is 3.43. The van der Waals surface area contributed by atoms with Gasteiger partial charge in [0.15, 0.2) is 5.96 Å². The molecule has 1 aliphatic heterocycles. The predicted octanol–water partition coefficient (Wildman–Crippen LogP) is 1.90. The smallest absolute Gasteiger partial charge is 0.193 e. The topological polar surface area (TPSA) is 45.5 Å². The monoisotopic (exact) mass is 409 g/mol. The second-order valence-electron chi connectivity index (χ2n) is 5.30. The van der Waals surface area contributed by atoms with Crippen LogP contribution in [-0.4, -0.2) is 57.6 Å². The van der Waals surface area contributed by atoms with Crippen molar-refractivity contribution in [2.75, 3.05) is 32.4 Å². The Morgan fingerprint density at radius 2 is 2.30 bits per heavy atom. The number of imidazole rings is 1. The minimum Gasteiger partial charge on any atom is -0.354 e. The summed E-state index contributed by atoms with van der Waals surface area (Å²) in [7, 11) is 1.86. The van der Waals surface area contributed by atoms with Gasteiger partial charge in [-0.15, -0.1) is 24.0 Å². The zero-order valence-corrected chi connectivity index (χ0v) is 15.5. The van der Waals surface area contributed by atoms with Crippen molar-refractivity contribution in [3.63, 3.8) is 0 Å². The minimum atomic E-state index is 0. The van der Waals surface area contributed by atoms with Crippen LogP contribution in [0.15, 0.2) is 23.7 Å². The van der Waals surface area contributed by atoms with Crippen molar-refractivity contribution in [3.8, 4) is 0 Å². The van der Waals surface area contributed by atoms with Crippen molar-refractivity contribution in [1.82, 2.24) is 19.8 Å². The number of aromatic nitrogens is 2. The summed E-state index contributed by atoms with van der Waals surface area (Å²) < 4.78 is 2.37. The number of hydrogen-bond donors (Lipinski definition) is 1. The summed E-state index contributed by atoms with van der Waals surface area (Å²) in [6, 6.07) is 0. The molecule has 0 amide bonds. The lowest BCUT2D eigenvalue weighted by Crippen LogP contribution is -2.51. The summed E-state index contributed by atoms with van der Waals surface area (Å²) in [5.41, 5.74) is 0. The fourth-order valence-corrected chi connectivity index (χ4v) is 3.36. The molecule has 0 atom stereocenters. The van der Waals surface area contributed by atoms with Crippen LogP contribution in [0.5, 0.6) is 0 Å². The Kier molecular flexibility index (Phi) is 7.14. The van der Waals surface area contributed by atoms with Crippen molar-refractivity contribution < 1.29 is 0 Å². The van der Waals surface area contributed by atoms with Gasteiger partial charge in [0, 0.05) is 56.1 Å². The van der Waals surface area contributed by atoms with E-state index in [-0.39, 0.29) is 24.0 Å². The number of nitrogens with one attached hydrogen (secondary N) is 1. The zero-order chi connectivity index (χ0) is 13.7. The molecule has 20 heavy (non-hydrogen) atoms. The van der Waals surface area contributed by atoms with Gasteiger partial charge in [-0.1, -0.05) is 0 Å². The van der Waals surface area contributed by atoms with E-state index >= 15 is 0 Å². The van der Waals surface area contributed by atoms with Crippen LogP contribution in [-0.2, 0) is 6.54 Å². The average Bonchev–Trinajstić information content (AvgIpc) is 2.86. The highest BCUT2D eigenvalue weighted by molar-refractivity contribution is 14.0. The molecule has 0 bridgehead atoms. The lowest BCUT2D eigenvalue weighted by Gasteiger charge is -2.39. The molecule has 0 saturated carbocycles. The fourth-order valence-electron chi connectivity index (χ4n) is 2.25. The first-order chi connectivity index (χ1) is 9.11. The maximum absolute atomic E-state index is 4.39. The molecule has 2 heterocycles. The Morgan fingerprint density at radius 3 is 2.90 bits per heavy atom. The third kappa shape index (κ3) is 5.16. The maximum atomic E-state index is 4.39. The van der Waals surface area contributed by atoms with Gasteiger partial charge in [0.05, 0.1) is 6.33 Å². The van der Waals surface area contributed by atoms with E-state index in [2.05, 4.69) is 38.6 Å². The third-order valence-corrected chi connectivity index (χ3v) is 4.45. The Hall–Kier alpha value is -0.440. The van der Waals surface area contributed by atoms with Gasteiger partial charge in [-0.25, -0.2) is 4.98 Å². The molecule has 2 rings (SSSR count). The standard InChI is InChI=1S/C13H23N5S.HI/c1-13(2)10-18(8-9-19-13)12(14-3)16-5-7-17-6-4-15-11-17;/h4,6,11H,5,7-10H2,1-3H3,(H,14,16);1H. The summed E-state index contributed by atoms with van der Waals surface area (Å²) in [6.07, 6.45) is 5.62. The molecule has 0 unspecified atom stereocenters. The number of aliphatic imine (C=N–C) groups is 1. The molecule has 1 aliphatic rings. The number of thioether (sulfide) groups is 1. The maximum Gasteiger partial charge on any atom is 0.193 e. The molecule has 0 aromatic carbocycles. The number of hydrogen-bond acceptors (Lipinski definition) is 3. The van der Waals surface area contributed by atoms with Gasteiger partial charge in [0.1, 0.15) is 0 Å². The van der Waals surface area contributed by atoms with E-state index in [9.17, 15) is 0 Å². The third-order valence-electron chi connectivity index (χ3n) is 3.15. The van der Waals surface area contributed by atoms with Gasteiger partial charge in [0.25, 0.3) is 0 Å². The van der Waals surface area contributed by atoms with E-state index in [1.807, 2.05) is 31.3 Å². The Labute approximate surface area is 142 Å². The van der Waals surface area contributed by atoms with E-state index in [0.717, 1.165) is 37.9 Å². The molecule has 1 aromatic rings. The van der Waals surface area contributed by atoms with Crippen LogP contribution < -0.4 is 5.32 Å². The molecule has 0 spiro atoms. The van der Waals surface area contributed by atoms with Crippen molar-refractivity contribution in [3.05, 3.63) is 18.7 Å². The van der Waals surface area contributed by atoms with Crippen molar-refractivity contribution in [2.24, 2.45) is 4.99 Å². The largest absolute Gasteiger partial charge is 0.354 e. The highest BCUT2D eigenvalue weighted by Gasteiger charge is 2.28. The first-order valence-electron chi connectivity index (χ1n) is 6.66. The normalized spacial score (nSPS) is 18.6. The Balaban J connectivity index is 0.00000200. The lowest BCUT2D eigenvalue weighted by molar-refractivity contribution is 0.375. The van der Waals surface area contributed by atoms with Crippen molar-refractivity contribution in [1.29, 1.82) is 0 Å². The molecule has 1 fully saturated rings. The Bertz CT molecular complexity index is 418. The molecule has 114 valence electrons. The lowest BCUT2D eigenvalue weighted by atomic mass is 10.2. The number of rotatable bonds is 3. The van der Waals surface area contributed by atoms with Crippen LogP contribution in [0.1, 0.15) is 13.8 Å². The molecular formula is C13H24IN5S.